The van der Waals surface area contributed by atoms with Gasteiger partial charge in [-0.05, 0) is 49.9 Å². The van der Waals surface area contributed by atoms with Crippen LogP contribution >= 0.6 is 11.8 Å². The summed E-state index contributed by atoms with van der Waals surface area (Å²) in [4.78, 5) is 12.4. The van der Waals surface area contributed by atoms with Crippen LogP contribution in [0.1, 0.15) is 42.1 Å². The average molecular weight is 327 g/mol. The highest BCUT2D eigenvalue weighted by atomic mass is 32.2. The summed E-state index contributed by atoms with van der Waals surface area (Å²) in [5.41, 5.74) is 4.94. The van der Waals surface area contributed by atoms with E-state index in [0.717, 1.165) is 11.3 Å². The Morgan fingerprint density at radius 2 is 1.74 bits per heavy atom. The summed E-state index contributed by atoms with van der Waals surface area (Å²) in [7, 11) is 0. The monoisotopic (exact) mass is 327 g/mol. The second-order valence-electron chi connectivity index (χ2n) is 6.01. The normalized spacial score (nSPS) is 13.4. The van der Waals surface area contributed by atoms with Gasteiger partial charge in [0.15, 0.2) is 0 Å². The number of carbonyl (C=O) groups is 1. The summed E-state index contributed by atoms with van der Waals surface area (Å²) in [5.74, 6) is 0.949. The van der Waals surface area contributed by atoms with E-state index in [-0.39, 0.29) is 17.2 Å². The van der Waals surface area contributed by atoms with Crippen LogP contribution in [0.3, 0.4) is 0 Å². The van der Waals surface area contributed by atoms with Crippen molar-refractivity contribution in [2.75, 3.05) is 0 Å². The van der Waals surface area contributed by atoms with Gasteiger partial charge in [0.05, 0.1) is 11.3 Å². The van der Waals surface area contributed by atoms with E-state index >= 15 is 0 Å². The second kappa shape index (κ2) is 8.21. The Bertz CT molecular complexity index is 654. The van der Waals surface area contributed by atoms with Crippen LogP contribution in [-0.2, 0) is 10.5 Å². The Kier molecular flexibility index (Phi) is 6.28. The quantitative estimate of drug-likeness (QED) is 0.825. The molecule has 0 bridgehead atoms. The highest BCUT2D eigenvalue weighted by Gasteiger charge is 2.16. The molecular formula is C20H25NOS. The number of carbonyl (C=O) groups excluding carboxylic acids is 1. The first-order valence-corrected chi connectivity index (χ1v) is 9.05. The van der Waals surface area contributed by atoms with Crippen molar-refractivity contribution < 1.29 is 4.79 Å². The Hall–Kier alpha value is -1.74. The first kappa shape index (κ1) is 17.6. The molecule has 2 rings (SSSR count). The van der Waals surface area contributed by atoms with Gasteiger partial charge in [-0.3, -0.25) is 4.79 Å². The maximum absolute atomic E-state index is 12.4. The van der Waals surface area contributed by atoms with E-state index in [2.05, 4.69) is 49.5 Å². The lowest BCUT2D eigenvalue weighted by Gasteiger charge is -2.18. The first-order valence-electron chi connectivity index (χ1n) is 8.00. The largest absolute Gasteiger partial charge is 0.349 e. The molecule has 0 aromatic heterocycles. The summed E-state index contributed by atoms with van der Waals surface area (Å²) in [6, 6.07) is 16.6. The van der Waals surface area contributed by atoms with Crippen LogP contribution < -0.4 is 5.32 Å². The maximum atomic E-state index is 12.4. The molecular weight excluding hydrogens is 302 g/mol. The van der Waals surface area contributed by atoms with Crippen LogP contribution in [0.5, 0.6) is 0 Å². The molecule has 2 unspecified atom stereocenters. The number of hydrogen-bond acceptors (Lipinski definition) is 2. The van der Waals surface area contributed by atoms with Gasteiger partial charge in [0.1, 0.15) is 0 Å². The van der Waals surface area contributed by atoms with Gasteiger partial charge in [-0.2, -0.15) is 0 Å². The molecule has 1 amide bonds. The molecule has 3 heteroatoms. The van der Waals surface area contributed by atoms with E-state index in [0.29, 0.717) is 0 Å². The fourth-order valence-corrected chi connectivity index (χ4v) is 3.17. The number of aryl methyl sites for hydroxylation is 2. The Balaban J connectivity index is 1.88. The molecule has 122 valence electrons. The van der Waals surface area contributed by atoms with E-state index in [1.165, 1.54) is 16.7 Å². The third-order valence-electron chi connectivity index (χ3n) is 4.10. The van der Waals surface area contributed by atoms with E-state index < -0.39 is 0 Å². The van der Waals surface area contributed by atoms with Crippen molar-refractivity contribution in [1.82, 2.24) is 5.32 Å². The third-order valence-corrected chi connectivity index (χ3v) is 5.32. The Morgan fingerprint density at radius 3 is 2.39 bits per heavy atom. The molecule has 1 N–H and O–H groups in total. The fourth-order valence-electron chi connectivity index (χ4n) is 2.32. The van der Waals surface area contributed by atoms with Gasteiger partial charge < -0.3 is 5.32 Å². The SMILES string of the molecule is Cc1ccc(C(C)NC(=O)C(C)SCc2ccccc2)cc1C. The zero-order chi connectivity index (χ0) is 16.8. The van der Waals surface area contributed by atoms with Crippen LogP contribution in [0.2, 0.25) is 0 Å². The molecule has 0 saturated carbocycles. The van der Waals surface area contributed by atoms with Gasteiger partial charge in [0.2, 0.25) is 5.91 Å². The lowest BCUT2D eigenvalue weighted by molar-refractivity contribution is -0.120. The number of amides is 1. The average Bonchev–Trinajstić information content (AvgIpc) is 2.55. The lowest BCUT2D eigenvalue weighted by Crippen LogP contribution is -2.33. The summed E-state index contributed by atoms with van der Waals surface area (Å²) < 4.78 is 0. The summed E-state index contributed by atoms with van der Waals surface area (Å²) in [6.45, 7) is 8.21. The molecule has 2 nitrogen and oxygen atoms in total. The predicted molar refractivity (Wildman–Crippen MR) is 99.7 cm³/mol. The highest BCUT2D eigenvalue weighted by molar-refractivity contribution is 7.99. The van der Waals surface area contributed by atoms with E-state index in [1.54, 1.807) is 11.8 Å². The van der Waals surface area contributed by atoms with Crippen LogP contribution in [-0.4, -0.2) is 11.2 Å². The molecule has 0 saturated heterocycles. The number of thioether (sulfide) groups is 1. The zero-order valence-corrected chi connectivity index (χ0v) is 15.1. The Labute approximate surface area is 143 Å². The zero-order valence-electron chi connectivity index (χ0n) is 14.3. The van der Waals surface area contributed by atoms with E-state index in [4.69, 9.17) is 0 Å². The standard InChI is InChI=1S/C20H25NOS/c1-14-10-11-19(12-15(14)2)16(3)21-20(22)17(4)23-13-18-8-6-5-7-9-18/h5-12,16-17H,13H2,1-4H3,(H,21,22). The molecule has 2 aromatic rings. The molecule has 2 aromatic carbocycles. The molecule has 0 fully saturated rings. The molecule has 2 atom stereocenters. The van der Waals surface area contributed by atoms with Crippen molar-refractivity contribution >= 4 is 17.7 Å². The van der Waals surface area contributed by atoms with Gasteiger partial charge in [-0.15, -0.1) is 11.8 Å². The minimum Gasteiger partial charge on any atom is -0.349 e. The maximum Gasteiger partial charge on any atom is 0.233 e. The van der Waals surface area contributed by atoms with E-state index in [9.17, 15) is 4.79 Å². The highest BCUT2D eigenvalue weighted by Crippen LogP contribution is 2.20. The smallest absolute Gasteiger partial charge is 0.233 e. The van der Waals surface area contributed by atoms with Crippen molar-refractivity contribution in [3.05, 3.63) is 70.8 Å². The van der Waals surface area contributed by atoms with E-state index in [1.807, 2.05) is 32.0 Å². The first-order chi connectivity index (χ1) is 11.0. The molecule has 0 spiro atoms. The van der Waals surface area contributed by atoms with Crippen LogP contribution in [0, 0.1) is 13.8 Å². The van der Waals surface area contributed by atoms with Crippen molar-refractivity contribution in [3.63, 3.8) is 0 Å². The molecule has 23 heavy (non-hydrogen) atoms. The van der Waals surface area contributed by atoms with Gasteiger partial charge in [0.25, 0.3) is 0 Å². The van der Waals surface area contributed by atoms with Crippen LogP contribution in [0.4, 0.5) is 0 Å². The topological polar surface area (TPSA) is 29.1 Å². The van der Waals surface area contributed by atoms with Gasteiger partial charge in [-0.25, -0.2) is 0 Å². The molecule has 0 aliphatic heterocycles. The summed E-state index contributed by atoms with van der Waals surface area (Å²) in [5, 5.41) is 3.05. The molecule has 0 heterocycles. The van der Waals surface area contributed by atoms with Crippen molar-refractivity contribution in [2.24, 2.45) is 0 Å². The number of rotatable bonds is 6. The molecule has 0 radical (unpaired) electrons. The van der Waals surface area contributed by atoms with Crippen LogP contribution in [0.15, 0.2) is 48.5 Å². The van der Waals surface area contributed by atoms with Crippen molar-refractivity contribution in [1.29, 1.82) is 0 Å². The minimum atomic E-state index is -0.0656. The van der Waals surface area contributed by atoms with Crippen molar-refractivity contribution in [2.45, 2.75) is 44.7 Å². The van der Waals surface area contributed by atoms with Gasteiger partial charge >= 0.3 is 0 Å². The summed E-state index contributed by atoms with van der Waals surface area (Å²) in [6.07, 6.45) is 0. The molecule has 0 aliphatic carbocycles. The van der Waals surface area contributed by atoms with Gasteiger partial charge in [0, 0.05) is 5.75 Å². The summed E-state index contributed by atoms with van der Waals surface area (Å²) >= 11 is 1.67. The second-order valence-corrected chi connectivity index (χ2v) is 7.34. The Morgan fingerprint density at radius 1 is 1.04 bits per heavy atom. The van der Waals surface area contributed by atoms with Crippen molar-refractivity contribution in [3.8, 4) is 0 Å². The van der Waals surface area contributed by atoms with Gasteiger partial charge in [-0.1, -0.05) is 48.5 Å². The number of benzene rings is 2. The number of nitrogens with one attached hydrogen (secondary N) is 1. The predicted octanol–water partition coefficient (Wildman–Crippen LogP) is 4.80. The molecule has 0 aliphatic rings. The fraction of sp³-hybridized carbons (Fsp3) is 0.350. The van der Waals surface area contributed by atoms with Crippen LogP contribution in [0.25, 0.3) is 0 Å². The lowest BCUT2D eigenvalue weighted by atomic mass is 10.0. The minimum absolute atomic E-state index is 0.0292. The third kappa shape index (κ3) is 5.14. The number of hydrogen-bond donors (Lipinski definition) is 1.